The number of ether oxygens (including phenoxy) is 2. The number of nitrogens with zero attached hydrogens (tertiary/aromatic N) is 1. The third-order valence-electron chi connectivity index (χ3n) is 4.34. The van der Waals surface area contributed by atoms with Crippen molar-refractivity contribution in [3.05, 3.63) is 59.2 Å². The largest absolute Gasteiger partial charge is 0.490 e. The Bertz CT molecular complexity index is 834. The van der Waals surface area contributed by atoms with Gasteiger partial charge in [0.1, 0.15) is 0 Å². The van der Waals surface area contributed by atoms with Gasteiger partial charge in [-0.15, -0.1) is 0 Å². The summed E-state index contributed by atoms with van der Waals surface area (Å²) in [5.41, 5.74) is 7.84. The number of hydrogen-bond donors (Lipinski definition) is 3. The summed E-state index contributed by atoms with van der Waals surface area (Å²) >= 11 is 0. The highest BCUT2D eigenvalue weighted by atomic mass is 16.5. The van der Waals surface area contributed by atoms with E-state index >= 15 is 0 Å². The van der Waals surface area contributed by atoms with Gasteiger partial charge in [-0.1, -0.05) is 18.2 Å². The molecule has 7 heteroatoms. The number of amides is 1. The molecule has 0 bridgehead atoms. The molecule has 4 N–H and O–H groups in total. The Morgan fingerprint density at radius 3 is 2.31 bits per heavy atom. The first-order chi connectivity index (χ1) is 14.0. The molecule has 1 atom stereocenters. The maximum atomic E-state index is 11.2. The number of hydrogen-bond acceptors (Lipinski definition) is 4. The van der Waals surface area contributed by atoms with Crippen molar-refractivity contribution in [3.63, 3.8) is 0 Å². The van der Waals surface area contributed by atoms with Crippen molar-refractivity contribution >= 4 is 11.9 Å². The molecule has 2 aromatic rings. The number of nitrogens with one attached hydrogen (secondary N) is 2. The van der Waals surface area contributed by atoms with Crippen LogP contribution in [0.3, 0.4) is 0 Å². The highest BCUT2D eigenvalue weighted by Gasteiger charge is 2.12. The summed E-state index contributed by atoms with van der Waals surface area (Å²) in [6, 6.07) is 13.1. The summed E-state index contributed by atoms with van der Waals surface area (Å²) in [4.78, 5) is 15.4. The van der Waals surface area contributed by atoms with E-state index in [0.29, 0.717) is 31.3 Å². The fourth-order valence-electron chi connectivity index (χ4n) is 2.79. The minimum Gasteiger partial charge on any atom is -0.490 e. The van der Waals surface area contributed by atoms with E-state index in [-0.39, 0.29) is 6.04 Å². The van der Waals surface area contributed by atoms with E-state index in [0.717, 1.165) is 22.6 Å². The maximum Gasteiger partial charge on any atom is 0.248 e. The van der Waals surface area contributed by atoms with Crippen molar-refractivity contribution in [3.8, 4) is 11.5 Å². The molecular formula is C22H30N4O3. The van der Waals surface area contributed by atoms with Crippen molar-refractivity contribution in [1.29, 1.82) is 0 Å². The quantitative estimate of drug-likeness (QED) is 0.446. The van der Waals surface area contributed by atoms with Crippen LogP contribution in [0.15, 0.2) is 47.5 Å². The topological polar surface area (TPSA) is 98.0 Å². The normalized spacial score (nSPS) is 12.2. The Labute approximate surface area is 172 Å². The summed E-state index contributed by atoms with van der Waals surface area (Å²) in [7, 11) is 1.72. The van der Waals surface area contributed by atoms with Gasteiger partial charge in [-0.3, -0.25) is 9.79 Å². The van der Waals surface area contributed by atoms with Gasteiger partial charge in [-0.2, -0.15) is 0 Å². The second-order valence-electron chi connectivity index (χ2n) is 6.43. The number of carbonyl (C=O) groups excluding carboxylic acids is 1. The van der Waals surface area contributed by atoms with E-state index in [1.165, 1.54) is 0 Å². The zero-order valence-corrected chi connectivity index (χ0v) is 17.5. The Hall–Kier alpha value is -3.22. The van der Waals surface area contributed by atoms with E-state index in [1.807, 2.05) is 44.2 Å². The summed E-state index contributed by atoms with van der Waals surface area (Å²) in [5, 5.41) is 6.65. The van der Waals surface area contributed by atoms with Crippen LogP contribution in [0, 0.1) is 0 Å². The lowest BCUT2D eigenvalue weighted by molar-refractivity contribution is 0.100. The number of guanidine groups is 1. The number of nitrogens with two attached hydrogens (primary N) is 1. The van der Waals surface area contributed by atoms with Crippen LogP contribution >= 0.6 is 0 Å². The predicted molar refractivity (Wildman–Crippen MR) is 115 cm³/mol. The minimum absolute atomic E-state index is 0.00770. The zero-order chi connectivity index (χ0) is 21.2. The van der Waals surface area contributed by atoms with Crippen LogP contribution in [0.5, 0.6) is 11.5 Å². The van der Waals surface area contributed by atoms with E-state index in [4.69, 9.17) is 15.2 Å². The summed E-state index contributed by atoms with van der Waals surface area (Å²) in [6.45, 7) is 7.68. The summed E-state index contributed by atoms with van der Waals surface area (Å²) in [5.74, 6) is 1.71. The van der Waals surface area contributed by atoms with Crippen LogP contribution in [0.2, 0.25) is 0 Å². The Balaban J connectivity index is 2.01. The molecule has 0 saturated heterocycles. The number of aliphatic imine (C=N–C) groups is 1. The lowest BCUT2D eigenvalue weighted by Gasteiger charge is -2.20. The molecule has 2 aromatic carbocycles. The Morgan fingerprint density at radius 2 is 1.72 bits per heavy atom. The van der Waals surface area contributed by atoms with Gasteiger partial charge < -0.3 is 25.8 Å². The average molecular weight is 399 g/mol. The molecule has 0 radical (unpaired) electrons. The third-order valence-corrected chi connectivity index (χ3v) is 4.34. The van der Waals surface area contributed by atoms with Gasteiger partial charge in [0.05, 0.1) is 19.3 Å². The van der Waals surface area contributed by atoms with Crippen LogP contribution in [0.4, 0.5) is 0 Å². The lowest BCUT2D eigenvalue weighted by atomic mass is 10.1. The van der Waals surface area contributed by atoms with Crippen molar-refractivity contribution < 1.29 is 14.3 Å². The third kappa shape index (κ3) is 6.41. The summed E-state index contributed by atoms with van der Waals surface area (Å²) in [6.07, 6.45) is 0. The van der Waals surface area contributed by atoms with E-state index in [9.17, 15) is 4.79 Å². The highest BCUT2D eigenvalue weighted by molar-refractivity contribution is 5.92. The number of rotatable bonds is 9. The SMILES string of the molecule is CCOc1ccc(C(C)NC(=NC)NCc2ccc(C(N)=O)cc2)cc1OCC. The first-order valence-corrected chi connectivity index (χ1v) is 9.73. The van der Waals surface area contributed by atoms with Crippen molar-refractivity contribution in [2.45, 2.75) is 33.4 Å². The average Bonchev–Trinajstić information content (AvgIpc) is 2.72. The molecular weight excluding hydrogens is 368 g/mol. The maximum absolute atomic E-state index is 11.2. The molecule has 0 fully saturated rings. The monoisotopic (exact) mass is 398 g/mol. The fourth-order valence-corrected chi connectivity index (χ4v) is 2.79. The van der Waals surface area contributed by atoms with E-state index in [2.05, 4.69) is 22.5 Å². The van der Waals surface area contributed by atoms with Gasteiger partial charge in [-0.05, 0) is 56.2 Å². The van der Waals surface area contributed by atoms with Crippen LogP contribution in [-0.4, -0.2) is 32.1 Å². The predicted octanol–water partition coefficient (Wildman–Crippen LogP) is 3.01. The van der Waals surface area contributed by atoms with Crippen LogP contribution in [0.25, 0.3) is 0 Å². The van der Waals surface area contributed by atoms with Gasteiger partial charge in [0.25, 0.3) is 0 Å². The van der Waals surface area contributed by atoms with E-state index in [1.54, 1.807) is 19.2 Å². The number of benzene rings is 2. The van der Waals surface area contributed by atoms with Gasteiger partial charge >= 0.3 is 0 Å². The molecule has 29 heavy (non-hydrogen) atoms. The minimum atomic E-state index is -0.433. The first kappa shape index (κ1) is 22.1. The highest BCUT2D eigenvalue weighted by Crippen LogP contribution is 2.30. The van der Waals surface area contributed by atoms with Crippen molar-refractivity contribution in [2.24, 2.45) is 10.7 Å². The summed E-state index contributed by atoms with van der Waals surface area (Å²) < 4.78 is 11.3. The van der Waals surface area contributed by atoms with Gasteiger partial charge in [-0.25, -0.2) is 0 Å². The number of primary amides is 1. The van der Waals surface area contributed by atoms with Crippen LogP contribution in [-0.2, 0) is 6.54 Å². The molecule has 0 heterocycles. The molecule has 7 nitrogen and oxygen atoms in total. The zero-order valence-electron chi connectivity index (χ0n) is 17.5. The van der Waals surface area contributed by atoms with Gasteiger partial charge in [0, 0.05) is 19.2 Å². The molecule has 0 aromatic heterocycles. The first-order valence-electron chi connectivity index (χ1n) is 9.73. The molecule has 0 spiro atoms. The van der Waals surface area contributed by atoms with Crippen molar-refractivity contribution in [1.82, 2.24) is 10.6 Å². The molecule has 1 amide bonds. The molecule has 0 aliphatic rings. The molecule has 156 valence electrons. The second-order valence-corrected chi connectivity index (χ2v) is 6.43. The molecule has 2 rings (SSSR count). The lowest BCUT2D eigenvalue weighted by Crippen LogP contribution is -2.38. The molecule has 1 unspecified atom stereocenters. The fraction of sp³-hybridized carbons (Fsp3) is 0.364. The molecule has 0 aliphatic carbocycles. The van der Waals surface area contributed by atoms with Gasteiger partial charge in [0.15, 0.2) is 17.5 Å². The van der Waals surface area contributed by atoms with Crippen molar-refractivity contribution in [2.75, 3.05) is 20.3 Å². The van der Waals surface area contributed by atoms with Gasteiger partial charge in [0.2, 0.25) is 5.91 Å². The Morgan fingerprint density at radius 1 is 1.07 bits per heavy atom. The number of carbonyl (C=O) groups is 1. The smallest absolute Gasteiger partial charge is 0.248 e. The van der Waals surface area contributed by atoms with Crippen LogP contribution < -0.4 is 25.8 Å². The standard InChI is InChI=1S/C22H30N4O3/c1-5-28-19-12-11-18(13-20(19)29-6-2)15(3)26-22(24-4)25-14-16-7-9-17(10-8-16)21(23)27/h7-13,15H,5-6,14H2,1-4H3,(H2,23,27)(H2,24,25,26). The molecule has 0 aliphatic heterocycles. The Kier molecular flexibility index (Phi) is 8.33. The van der Waals surface area contributed by atoms with E-state index < -0.39 is 5.91 Å². The molecule has 0 saturated carbocycles. The second kappa shape index (κ2) is 10.9. The van der Waals surface area contributed by atoms with Crippen LogP contribution in [0.1, 0.15) is 48.3 Å².